The molecule has 0 atom stereocenters. The molecule has 0 radical (unpaired) electrons. The zero-order valence-electron chi connectivity index (χ0n) is 9.91. The molecule has 0 bridgehead atoms. The van der Waals surface area contributed by atoms with Gasteiger partial charge in [-0.1, -0.05) is 12.1 Å². The van der Waals surface area contributed by atoms with Crippen LogP contribution < -0.4 is 4.74 Å². The number of ether oxygens (including phenoxy) is 1. The lowest BCUT2D eigenvalue weighted by atomic mass is 10.2. The molecule has 0 aliphatic rings. The number of methoxy groups -OCH3 is 1. The van der Waals surface area contributed by atoms with E-state index in [1.165, 1.54) is 13.2 Å². The third kappa shape index (κ3) is 2.53. The van der Waals surface area contributed by atoms with Crippen molar-refractivity contribution in [1.29, 1.82) is 0 Å². The van der Waals surface area contributed by atoms with Gasteiger partial charge in [0.05, 0.1) is 19.2 Å². The van der Waals surface area contributed by atoms with Crippen LogP contribution in [-0.4, -0.2) is 16.9 Å². The minimum Gasteiger partial charge on any atom is -0.494 e. The number of alkyl halides is 4. The first-order chi connectivity index (χ1) is 8.99. The second kappa shape index (κ2) is 5.13. The van der Waals surface area contributed by atoms with Crippen molar-refractivity contribution in [2.24, 2.45) is 0 Å². The minimum absolute atomic E-state index is 0.0694. The molecule has 102 valence electrons. The summed E-state index contributed by atoms with van der Waals surface area (Å²) in [6.45, 7) is 0. The maximum atomic E-state index is 13.1. The van der Waals surface area contributed by atoms with Gasteiger partial charge in [-0.25, -0.2) is 4.68 Å². The minimum atomic E-state index is -4.54. The van der Waals surface area contributed by atoms with Gasteiger partial charge in [-0.15, -0.1) is 11.6 Å². The van der Waals surface area contributed by atoms with E-state index in [9.17, 15) is 13.2 Å². The number of rotatable bonds is 3. The molecule has 1 aromatic heterocycles. The zero-order chi connectivity index (χ0) is 14.0. The van der Waals surface area contributed by atoms with Crippen LogP contribution in [0.4, 0.5) is 13.2 Å². The van der Waals surface area contributed by atoms with Crippen molar-refractivity contribution in [3.05, 3.63) is 41.7 Å². The molecule has 1 heterocycles. The summed E-state index contributed by atoms with van der Waals surface area (Å²) in [7, 11) is 1.39. The van der Waals surface area contributed by atoms with E-state index in [0.717, 1.165) is 10.9 Å². The van der Waals surface area contributed by atoms with Crippen LogP contribution in [0.5, 0.6) is 5.75 Å². The monoisotopic (exact) mass is 290 g/mol. The molecule has 0 aliphatic heterocycles. The van der Waals surface area contributed by atoms with E-state index in [2.05, 4.69) is 5.10 Å². The summed E-state index contributed by atoms with van der Waals surface area (Å²) < 4.78 is 45.1. The van der Waals surface area contributed by atoms with Gasteiger partial charge < -0.3 is 4.74 Å². The van der Waals surface area contributed by atoms with Gasteiger partial charge >= 0.3 is 6.18 Å². The van der Waals surface area contributed by atoms with Gasteiger partial charge in [-0.3, -0.25) is 0 Å². The Hall–Kier alpha value is -1.69. The number of aromatic nitrogens is 2. The standard InChI is InChI=1S/C12H10ClF3N2O/c1-19-10-5-3-2-4-9(10)18-11(12(14,15)16)8(6-13)7-17-18/h2-5,7H,6H2,1H3. The number of nitrogens with zero attached hydrogens (tertiary/aromatic N) is 2. The van der Waals surface area contributed by atoms with Gasteiger partial charge in [-0.2, -0.15) is 18.3 Å². The molecule has 0 saturated heterocycles. The summed E-state index contributed by atoms with van der Waals surface area (Å²) >= 11 is 5.53. The average molecular weight is 291 g/mol. The van der Waals surface area contributed by atoms with E-state index in [0.29, 0.717) is 5.75 Å². The molecule has 1 aromatic carbocycles. The van der Waals surface area contributed by atoms with Crippen molar-refractivity contribution in [1.82, 2.24) is 9.78 Å². The third-order valence-electron chi connectivity index (χ3n) is 2.57. The predicted octanol–water partition coefficient (Wildman–Crippen LogP) is 3.64. The fourth-order valence-corrected chi connectivity index (χ4v) is 1.97. The van der Waals surface area contributed by atoms with Crippen LogP contribution >= 0.6 is 11.6 Å². The molecule has 2 aromatic rings. The fourth-order valence-electron chi connectivity index (χ4n) is 1.77. The van der Waals surface area contributed by atoms with Crippen molar-refractivity contribution < 1.29 is 17.9 Å². The SMILES string of the molecule is COc1ccccc1-n1ncc(CCl)c1C(F)(F)F. The lowest BCUT2D eigenvalue weighted by Crippen LogP contribution is -2.15. The van der Waals surface area contributed by atoms with E-state index in [4.69, 9.17) is 16.3 Å². The van der Waals surface area contributed by atoms with Crippen LogP contribution in [0.1, 0.15) is 11.3 Å². The van der Waals surface area contributed by atoms with E-state index in [-0.39, 0.29) is 17.1 Å². The molecular weight excluding hydrogens is 281 g/mol. The zero-order valence-corrected chi connectivity index (χ0v) is 10.7. The number of hydrogen-bond donors (Lipinski definition) is 0. The van der Waals surface area contributed by atoms with E-state index in [1.54, 1.807) is 18.2 Å². The molecule has 0 saturated carbocycles. The summed E-state index contributed by atoms with van der Waals surface area (Å²) in [4.78, 5) is 0. The van der Waals surface area contributed by atoms with Crippen LogP contribution in [0.2, 0.25) is 0 Å². The second-order valence-corrected chi connectivity index (χ2v) is 4.00. The topological polar surface area (TPSA) is 27.1 Å². The fraction of sp³-hybridized carbons (Fsp3) is 0.250. The van der Waals surface area contributed by atoms with Crippen LogP contribution in [0.15, 0.2) is 30.5 Å². The number of benzene rings is 1. The molecular formula is C12H10ClF3N2O. The van der Waals surface area contributed by atoms with Crippen LogP contribution in [0, 0.1) is 0 Å². The molecule has 0 spiro atoms. The highest BCUT2D eigenvalue weighted by Gasteiger charge is 2.38. The highest BCUT2D eigenvalue weighted by molar-refractivity contribution is 6.17. The Morgan fingerprint density at radius 2 is 2.00 bits per heavy atom. The number of para-hydroxylation sites is 2. The highest BCUT2D eigenvalue weighted by atomic mass is 35.5. The summed E-state index contributed by atoms with van der Waals surface area (Å²) in [5.74, 6) is 0.0431. The Labute approximate surface area is 112 Å². The first-order valence-corrected chi connectivity index (χ1v) is 5.86. The first kappa shape index (κ1) is 13.7. The Kier molecular flexibility index (Phi) is 3.71. The van der Waals surface area contributed by atoms with Gasteiger partial charge in [-0.05, 0) is 12.1 Å². The lowest BCUT2D eigenvalue weighted by molar-refractivity contribution is -0.143. The Balaban J connectivity index is 2.66. The summed E-state index contributed by atoms with van der Waals surface area (Å²) in [6, 6.07) is 6.35. The molecule has 0 aliphatic carbocycles. The molecule has 0 amide bonds. The molecule has 7 heteroatoms. The highest BCUT2D eigenvalue weighted by Crippen LogP contribution is 2.35. The normalized spacial score (nSPS) is 11.6. The summed E-state index contributed by atoms with van der Waals surface area (Å²) in [5.41, 5.74) is -0.735. The maximum absolute atomic E-state index is 13.1. The van der Waals surface area contributed by atoms with E-state index >= 15 is 0 Å². The van der Waals surface area contributed by atoms with E-state index < -0.39 is 11.9 Å². The average Bonchev–Trinajstić information content (AvgIpc) is 2.82. The number of hydrogen-bond acceptors (Lipinski definition) is 2. The van der Waals surface area contributed by atoms with Gasteiger partial charge in [0.2, 0.25) is 0 Å². The van der Waals surface area contributed by atoms with Crippen LogP contribution in [0.25, 0.3) is 5.69 Å². The molecule has 3 nitrogen and oxygen atoms in total. The second-order valence-electron chi connectivity index (χ2n) is 3.73. The molecule has 2 rings (SSSR count). The quantitative estimate of drug-likeness (QED) is 0.807. The smallest absolute Gasteiger partial charge is 0.433 e. The van der Waals surface area contributed by atoms with Gasteiger partial charge in [0.15, 0.2) is 5.69 Å². The molecule has 0 N–H and O–H groups in total. The Morgan fingerprint density at radius 1 is 1.32 bits per heavy atom. The van der Waals surface area contributed by atoms with Crippen molar-refractivity contribution in [3.8, 4) is 11.4 Å². The Bertz CT molecular complexity index is 581. The van der Waals surface area contributed by atoms with Gasteiger partial charge in [0, 0.05) is 5.56 Å². The van der Waals surface area contributed by atoms with Gasteiger partial charge in [0.25, 0.3) is 0 Å². The van der Waals surface area contributed by atoms with Crippen molar-refractivity contribution >= 4 is 11.6 Å². The number of halogens is 4. The summed E-state index contributed by atoms with van der Waals surface area (Å²) in [6.07, 6.45) is -3.43. The van der Waals surface area contributed by atoms with Crippen LogP contribution in [-0.2, 0) is 12.1 Å². The van der Waals surface area contributed by atoms with Crippen molar-refractivity contribution in [2.45, 2.75) is 12.1 Å². The lowest BCUT2D eigenvalue weighted by Gasteiger charge is -2.14. The molecule has 19 heavy (non-hydrogen) atoms. The van der Waals surface area contributed by atoms with E-state index in [1.807, 2.05) is 0 Å². The van der Waals surface area contributed by atoms with Crippen molar-refractivity contribution in [3.63, 3.8) is 0 Å². The maximum Gasteiger partial charge on any atom is 0.433 e. The largest absolute Gasteiger partial charge is 0.494 e. The molecule has 0 unspecified atom stereocenters. The molecule has 0 fully saturated rings. The predicted molar refractivity (Wildman–Crippen MR) is 64.7 cm³/mol. The third-order valence-corrected chi connectivity index (χ3v) is 2.86. The van der Waals surface area contributed by atoms with Gasteiger partial charge in [0.1, 0.15) is 11.4 Å². The van der Waals surface area contributed by atoms with Crippen LogP contribution in [0.3, 0.4) is 0 Å². The summed E-state index contributed by atoms with van der Waals surface area (Å²) in [5, 5.41) is 3.76. The van der Waals surface area contributed by atoms with Crippen molar-refractivity contribution in [2.75, 3.05) is 7.11 Å². The first-order valence-electron chi connectivity index (χ1n) is 5.32. The Morgan fingerprint density at radius 3 is 2.58 bits per heavy atom.